The third-order valence-corrected chi connectivity index (χ3v) is 9.42. The average Bonchev–Trinajstić information content (AvgIpc) is 3.05. The van der Waals surface area contributed by atoms with Crippen LogP contribution in [0.25, 0.3) is 0 Å². The summed E-state index contributed by atoms with van der Waals surface area (Å²) in [6.07, 6.45) is 10.3. The Kier molecular flexibility index (Phi) is 5.26. The minimum Gasteiger partial charge on any atom is -0.467 e. The van der Waals surface area contributed by atoms with Crippen molar-refractivity contribution in [1.29, 1.82) is 0 Å². The zero-order chi connectivity index (χ0) is 21.8. The predicted molar refractivity (Wildman–Crippen MR) is 113 cm³/mol. The Balaban J connectivity index is 1.62. The molecule has 1 N–H and O–H groups in total. The summed E-state index contributed by atoms with van der Waals surface area (Å²) in [6, 6.07) is -0.288. The van der Waals surface area contributed by atoms with Crippen LogP contribution < -0.4 is 5.32 Å². The van der Waals surface area contributed by atoms with E-state index in [4.69, 9.17) is 4.74 Å². The van der Waals surface area contributed by atoms with E-state index >= 15 is 0 Å². The molecule has 0 aromatic heterocycles. The minimum absolute atomic E-state index is 0.0182. The lowest BCUT2D eigenvalue weighted by Crippen LogP contribution is -2.60. The van der Waals surface area contributed by atoms with E-state index < -0.39 is 6.04 Å². The van der Waals surface area contributed by atoms with Gasteiger partial charge in [-0.1, -0.05) is 19.9 Å². The van der Waals surface area contributed by atoms with Crippen LogP contribution in [-0.2, 0) is 19.1 Å². The molecule has 3 fully saturated rings. The maximum atomic E-state index is 12.6. The summed E-state index contributed by atoms with van der Waals surface area (Å²) in [6.45, 7) is 6.15. The number of rotatable bonds is 3. The summed E-state index contributed by atoms with van der Waals surface area (Å²) >= 11 is 0. The van der Waals surface area contributed by atoms with Crippen LogP contribution in [0.2, 0.25) is 0 Å². The first-order chi connectivity index (χ1) is 14.1. The quantitative estimate of drug-likeness (QED) is 0.718. The zero-order valence-electron chi connectivity index (χ0n) is 18.9. The highest BCUT2D eigenvalue weighted by atomic mass is 16.5. The first-order valence-corrected chi connectivity index (χ1v) is 11.4. The molecule has 0 bridgehead atoms. The number of nitrogens with one attached hydrogen (secondary N) is 1. The van der Waals surface area contributed by atoms with E-state index in [0.29, 0.717) is 17.8 Å². The first kappa shape index (κ1) is 21.4. The van der Waals surface area contributed by atoms with Crippen molar-refractivity contribution in [2.24, 2.45) is 34.5 Å². The molecule has 30 heavy (non-hydrogen) atoms. The molecule has 0 saturated heterocycles. The molecule has 6 nitrogen and oxygen atoms in total. The van der Waals surface area contributed by atoms with Gasteiger partial charge in [-0.25, -0.2) is 4.79 Å². The van der Waals surface area contributed by atoms with Crippen LogP contribution in [0, 0.1) is 34.5 Å². The molecular formula is C24H36N2O4. The van der Waals surface area contributed by atoms with Crippen molar-refractivity contribution in [2.45, 2.75) is 71.4 Å². The Morgan fingerprint density at radius 1 is 1.17 bits per heavy atom. The molecular weight excluding hydrogens is 380 g/mol. The largest absolute Gasteiger partial charge is 0.467 e. The fourth-order valence-corrected chi connectivity index (χ4v) is 8.00. The number of fused-ring (bicyclic) bond motifs is 5. The van der Waals surface area contributed by atoms with Gasteiger partial charge in [0.1, 0.15) is 6.04 Å². The topological polar surface area (TPSA) is 75.7 Å². The van der Waals surface area contributed by atoms with E-state index in [2.05, 4.69) is 25.2 Å². The Labute approximate surface area is 179 Å². The standard InChI is InChI=1S/C24H36N2O4/c1-14(27)25-21(22(29)30-5)18-8-7-16-15-6-9-19-24(3,13-11-20(28)26(19)4)17(15)10-12-23(16,18)2/h11,13,15-19,21H,6-10,12H2,1-5H3,(H,25,27)/t15-,16-,17-,18+,19+,21?,23-,24+/m0/s1. The van der Waals surface area contributed by atoms with Gasteiger partial charge >= 0.3 is 5.97 Å². The first-order valence-electron chi connectivity index (χ1n) is 11.4. The molecule has 4 aliphatic rings. The number of methoxy groups -OCH3 is 1. The third kappa shape index (κ3) is 3.01. The number of nitrogens with zero attached hydrogens (tertiary/aromatic N) is 1. The van der Waals surface area contributed by atoms with Crippen LogP contribution in [0.15, 0.2) is 12.2 Å². The van der Waals surface area contributed by atoms with Gasteiger partial charge in [0.25, 0.3) is 0 Å². The van der Waals surface area contributed by atoms with Crippen LogP contribution >= 0.6 is 0 Å². The summed E-state index contributed by atoms with van der Waals surface area (Å²) in [7, 11) is 3.35. The molecule has 4 rings (SSSR count). The normalized spacial score (nSPS) is 43.3. The summed E-state index contributed by atoms with van der Waals surface area (Å²) in [4.78, 5) is 38.6. The van der Waals surface area contributed by atoms with Gasteiger partial charge in [-0.05, 0) is 73.7 Å². The maximum absolute atomic E-state index is 12.6. The number of carbonyl (C=O) groups excluding carboxylic acids is 3. The van der Waals surface area contributed by atoms with Crippen LogP contribution in [0.3, 0.4) is 0 Å². The number of amides is 2. The van der Waals surface area contributed by atoms with Crippen LogP contribution in [0.1, 0.15) is 59.3 Å². The van der Waals surface area contributed by atoms with E-state index in [9.17, 15) is 14.4 Å². The lowest BCUT2D eigenvalue weighted by Gasteiger charge is -2.60. The van der Waals surface area contributed by atoms with Crippen molar-refractivity contribution in [3.63, 3.8) is 0 Å². The van der Waals surface area contributed by atoms with Crippen LogP contribution in [0.5, 0.6) is 0 Å². The van der Waals surface area contributed by atoms with Crippen LogP contribution in [-0.4, -0.2) is 48.9 Å². The number of esters is 1. The molecule has 6 heteroatoms. The second-order valence-electron chi connectivity index (χ2n) is 10.5. The summed E-state index contributed by atoms with van der Waals surface area (Å²) in [5.41, 5.74) is 0.0378. The van der Waals surface area contributed by atoms with Crippen molar-refractivity contribution in [3.05, 3.63) is 12.2 Å². The van der Waals surface area contributed by atoms with Gasteiger partial charge in [-0.3, -0.25) is 9.59 Å². The van der Waals surface area contributed by atoms with Crippen molar-refractivity contribution < 1.29 is 19.1 Å². The highest BCUT2D eigenvalue weighted by Crippen LogP contribution is 2.66. The molecule has 0 aromatic rings. The molecule has 1 heterocycles. The van der Waals surface area contributed by atoms with E-state index in [0.717, 1.165) is 38.5 Å². The van der Waals surface area contributed by atoms with Crippen molar-refractivity contribution in [3.8, 4) is 0 Å². The molecule has 166 valence electrons. The predicted octanol–water partition coefficient (Wildman–Crippen LogP) is 2.92. The molecule has 8 atom stereocenters. The maximum Gasteiger partial charge on any atom is 0.328 e. The average molecular weight is 417 g/mol. The van der Waals surface area contributed by atoms with Gasteiger partial charge in [-0.2, -0.15) is 0 Å². The highest BCUT2D eigenvalue weighted by molar-refractivity contribution is 5.89. The monoisotopic (exact) mass is 416 g/mol. The van der Waals surface area contributed by atoms with Gasteiger partial charge in [0, 0.05) is 25.4 Å². The lowest BCUT2D eigenvalue weighted by atomic mass is 9.47. The second kappa shape index (κ2) is 7.38. The van der Waals surface area contributed by atoms with Gasteiger partial charge < -0.3 is 15.0 Å². The Bertz CT molecular complexity index is 779. The second-order valence-corrected chi connectivity index (χ2v) is 10.5. The minimum atomic E-state index is -0.565. The molecule has 3 aliphatic carbocycles. The number of hydrogen-bond donors (Lipinski definition) is 1. The number of hydrogen-bond acceptors (Lipinski definition) is 4. The Morgan fingerprint density at radius 3 is 2.57 bits per heavy atom. The van der Waals surface area contributed by atoms with Gasteiger partial charge in [0.15, 0.2) is 0 Å². The summed E-state index contributed by atoms with van der Waals surface area (Å²) in [5.74, 6) is 1.40. The number of carbonyl (C=O) groups is 3. The Hall–Kier alpha value is -1.85. The lowest BCUT2D eigenvalue weighted by molar-refractivity contribution is -0.150. The molecule has 3 saturated carbocycles. The van der Waals surface area contributed by atoms with Crippen molar-refractivity contribution in [2.75, 3.05) is 14.2 Å². The molecule has 2 amide bonds. The highest BCUT2D eigenvalue weighted by Gasteiger charge is 2.62. The van der Waals surface area contributed by atoms with Crippen molar-refractivity contribution in [1.82, 2.24) is 10.2 Å². The van der Waals surface area contributed by atoms with Gasteiger partial charge in [0.05, 0.1) is 7.11 Å². The number of ether oxygens (including phenoxy) is 1. The van der Waals surface area contributed by atoms with E-state index in [-0.39, 0.29) is 40.6 Å². The van der Waals surface area contributed by atoms with Crippen LogP contribution in [0.4, 0.5) is 0 Å². The Morgan fingerprint density at radius 2 is 1.90 bits per heavy atom. The molecule has 0 radical (unpaired) electrons. The van der Waals surface area contributed by atoms with E-state index in [1.807, 2.05) is 11.9 Å². The SMILES string of the molecule is COC(=O)C(NC(C)=O)[C@H]1CC[C@H]2[C@@H]3CC[C@H]4N(C)C(=O)C=C[C@]4(C)[C@H]3CC[C@]12C. The number of likely N-dealkylation sites (N-methyl/N-ethyl adjacent to an activating group) is 1. The van der Waals surface area contributed by atoms with Gasteiger partial charge in [-0.15, -0.1) is 0 Å². The van der Waals surface area contributed by atoms with E-state index in [1.165, 1.54) is 14.0 Å². The molecule has 0 aromatic carbocycles. The molecule has 1 unspecified atom stereocenters. The third-order valence-electron chi connectivity index (χ3n) is 9.42. The fraction of sp³-hybridized carbons (Fsp3) is 0.792. The molecule has 1 aliphatic heterocycles. The van der Waals surface area contributed by atoms with Crippen molar-refractivity contribution >= 4 is 17.8 Å². The zero-order valence-corrected chi connectivity index (χ0v) is 18.9. The summed E-state index contributed by atoms with van der Waals surface area (Å²) < 4.78 is 5.07. The molecule has 0 spiro atoms. The smallest absolute Gasteiger partial charge is 0.328 e. The van der Waals surface area contributed by atoms with E-state index in [1.54, 1.807) is 6.08 Å². The summed E-state index contributed by atoms with van der Waals surface area (Å²) in [5, 5.41) is 2.90. The fourth-order valence-electron chi connectivity index (χ4n) is 8.00. The van der Waals surface area contributed by atoms with Gasteiger partial charge in [0.2, 0.25) is 11.8 Å².